The molecule has 2 aromatic rings. The third kappa shape index (κ3) is 1.66. The van der Waals surface area contributed by atoms with Crippen LogP contribution < -0.4 is 5.32 Å². The molecule has 0 unspecified atom stereocenters. The van der Waals surface area contributed by atoms with Crippen molar-refractivity contribution < 1.29 is 0 Å². The highest BCUT2D eigenvalue weighted by Gasteiger charge is 2.41. The molecule has 0 atom stereocenters. The van der Waals surface area contributed by atoms with Gasteiger partial charge in [0.15, 0.2) is 11.5 Å². The lowest BCUT2D eigenvalue weighted by Crippen LogP contribution is -2.20. The van der Waals surface area contributed by atoms with Crippen LogP contribution in [0.4, 0.5) is 5.82 Å². The van der Waals surface area contributed by atoms with Gasteiger partial charge in [-0.25, -0.2) is 15.0 Å². The highest BCUT2D eigenvalue weighted by molar-refractivity contribution is 5.83. The summed E-state index contributed by atoms with van der Waals surface area (Å²) >= 11 is 0. The average Bonchev–Trinajstić information content (AvgIpc) is 3.00. The van der Waals surface area contributed by atoms with E-state index in [1.165, 1.54) is 12.8 Å². The van der Waals surface area contributed by atoms with Crippen LogP contribution in [0.25, 0.3) is 11.2 Å². The molecule has 2 aromatic heterocycles. The fraction of sp³-hybridized carbons (Fsp3) is 0.583. The van der Waals surface area contributed by atoms with Gasteiger partial charge in [0, 0.05) is 12.1 Å². The Morgan fingerprint density at radius 3 is 2.76 bits per heavy atom. The molecule has 5 nitrogen and oxygen atoms in total. The van der Waals surface area contributed by atoms with Gasteiger partial charge in [0.1, 0.15) is 11.8 Å². The Balaban J connectivity index is 2.02. The first-order chi connectivity index (χ1) is 8.28. The van der Waals surface area contributed by atoms with E-state index in [9.17, 15) is 0 Å². The number of nitrogens with zero attached hydrogens (tertiary/aromatic N) is 4. The van der Waals surface area contributed by atoms with Gasteiger partial charge in [-0.1, -0.05) is 6.92 Å². The van der Waals surface area contributed by atoms with Crippen LogP contribution in [0.15, 0.2) is 12.7 Å². The van der Waals surface area contributed by atoms with Gasteiger partial charge in [-0.3, -0.25) is 0 Å². The second-order valence-corrected chi connectivity index (χ2v) is 4.68. The van der Waals surface area contributed by atoms with Crippen LogP contribution in [-0.2, 0) is 6.54 Å². The molecule has 1 N–H and O–H groups in total. The first-order valence-electron chi connectivity index (χ1n) is 6.22. The van der Waals surface area contributed by atoms with E-state index in [0.29, 0.717) is 0 Å². The maximum Gasteiger partial charge on any atom is 0.165 e. The fourth-order valence-electron chi connectivity index (χ4n) is 2.17. The molecule has 0 amide bonds. The van der Waals surface area contributed by atoms with E-state index in [2.05, 4.69) is 34.1 Å². The summed E-state index contributed by atoms with van der Waals surface area (Å²) in [5.41, 5.74) is 2.06. The van der Waals surface area contributed by atoms with E-state index in [0.717, 1.165) is 29.9 Å². The van der Waals surface area contributed by atoms with Crippen molar-refractivity contribution in [3.63, 3.8) is 0 Å². The summed E-state index contributed by atoms with van der Waals surface area (Å²) in [6.07, 6.45) is 7.03. The highest BCUT2D eigenvalue weighted by Crippen LogP contribution is 2.42. The summed E-state index contributed by atoms with van der Waals surface area (Å²) in [4.78, 5) is 13.0. The molecule has 1 saturated carbocycles. The average molecular weight is 231 g/mol. The Hall–Kier alpha value is -1.65. The van der Waals surface area contributed by atoms with Crippen molar-refractivity contribution >= 4 is 17.0 Å². The van der Waals surface area contributed by atoms with E-state index in [4.69, 9.17) is 0 Å². The van der Waals surface area contributed by atoms with Crippen molar-refractivity contribution in [2.24, 2.45) is 0 Å². The second kappa shape index (κ2) is 3.68. The molecule has 0 aromatic carbocycles. The van der Waals surface area contributed by atoms with Crippen molar-refractivity contribution in [1.82, 2.24) is 19.5 Å². The predicted octanol–water partition coefficient (Wildman–Crippen LogP) is 2.20. The summed E-state index contributed by atoms with van der Waals surface area (Å²) in [5, 5.41) is 3.53. The molecule has 2 heterocycles. The summed E-state index contributed by atoms with van der Waals surface area (Å²) < 4.78 is 2.04. The molecule has 1 fully saturated rings. The van der Waals surface area contributed by atoms with Crippen LogP contribution in [0.5, 0.6) is 0 Å². The molecule has 90 valence electrons. The largest absolute Gasteiger partial charge is 0.363 e. The lowest BCUT2D eigenvalue weighted by atomic mass is 10.2. The van der Waals surface area contributed by atoms with Crippen molar-refractivity contribution in [2.45, 2.75) is 45.2 Å². The molecule has 0 aliphatic heterocycles. The topological polar surface area (TPSA) is 55.6 Å². The molecule has 1 aliphatic rings. The number of imidazole rings is 1. The van der Waals surface area contributed by atoms with Gasteiger partial charge >= 0.3 is 0 Å². The third-order valence-corrected chi connectivity index (χ3v) is 3.66. The molecule has 17 heavy (non-hydrogen) atoms. The van der Waals surface area contributed by atoms with E-state index < -0.39 is 0 Å². The fourth-order valence-corrected chi connectivity index (χ4v) is 2.17. The van der Waals surface area contributed by atoms with Gasteiger partial charge in [-0.05, 0) is 26.2 Å². The Morgan fingerprint density at radius 2 is 2.12 bits per heavy atom. The van der Waals surface area contributed by atoms with Gasteiger partial charge in [0.2, 0.25) is 0 Å². The second-order valence-electron chi connectivity index (χ2n) is 4.68. The van der Waals surface area contributed by atoms with E-state index in [1.807, 2.05) is 10.9 Å². The van der Waals surface area contributed by atoms with Crippen molar-refractivity contribution in [1.29, 1.82) is 0 Å². The van der Waals surface area contributed by atoms with Crippen LogP contribution in [0.2, 0.25) is 0 Å². The number of anilines is 1. The Kier molecular flexibility index (Phi) is 2.28. The SMILES string of the molecule is CCn1cnc2c(NC3(CC)CC3)ncnc21. The zero-order chi connectivity index (χ0) is 11.9. The third-order valence-electron chi connectivity index (χ3n) is 3.66. The normalized spacial score (nSPS) is 17.3. The number of rotatable bonds is 4. The number of fused-ring (bicyclic) bond motifs is 1. The lowest BCUT2D eigenvalue weighted by molar-refractivity contribution is 0.698. The zero-order valence-electron chi connectivity index (χ0n) is 10.3. The first-order valence-corrected chi connectivity index (χ1v) is 6.22. The standard InChI is InChI=1S/C12H17N5/c1-3-12(5-6-12)16-10-9-11(14-7-13-10)17(4-2)8-15-9/h7-8H,3-6H2,1-2H3,(H,13,14,16). The molecule has 0 bridgehead atoms. The maximum absolute atomic E-state index is 4.41. The molecule has 0 saturated heterocycles. The summed E-state index contributed by atoms with van der Waals surface area (Å²) in [6, 6.07) is 0. The van der Waals surface area contributed by atoms with Gasteiger partial charge in [-0.15, -0.1) is 0 Å². The Morgan fingerprint density at radius 1 is 1.29 bits per heavy atom. The summed E-state index contributed by atoms with van der Waals surface area (Å²) in [6.45, 7) is 5.18. The van der Waals surface area contributed by atoms with Crippen LogP contribution >= 0.6 is 0 Å². The lowest BCUT2D eigenvalue weighted by Gasteiger charge is -2.15. The van der Waals surface area contributed by atoms with Crippen LogP contribution in [0.3, 0.4) is 0 Å². The van der Waals surface area contributed by atoms with Crippen LogP contribution in [-0.4, -0.2) is 25.1 Å². The molecule has 3 rings (SSSR count). The monoisotopic (exact) mass is 231 g/mol. The van der Waals surface area contributed by atoms with Crippen molar-refractivity contribution in [3.8, 4) is 0 Å². The smallest absolute Gasteiger partial charge is 0.165 e. The first kappa shape index (κ1) is 10.5. The predicted molar refractivity (Wildman–Crippen MR) is 66.9 cm³/mol. The Labute approximate surface area is 100 Å². The minimum Gasteiger partial charge on any atom is -0.363 e. The summed E-state index contributed by atoms with van der Waals surface area (Å²) in [5.74, 6) is 0.876. The summed E-state index contributed by atoms with van der Waals surface area (Å²) in [7, 11) is 0. The number of nitrogens with one attached hydrogen (secondary N) is 1. The van der Waals surface area contributed by atoms with Crippen molar-refractivity contribution in [2.75, 3.05) is 5.32 Å². The van der Waals surface area contributed by atoms with Gasteiger partial charge in [-0.2, -0.15) is 0 Å². The number of aromatic nitrogens is 4. The van der Waals surface area contributed by atoms with E-state index in [-0.39, 0.29) is 5.54 Å². The zero-order valence-corrected chi connectivity index (χ0v) is 10.3. The van der Waals surface area contributed by atoms with Gasteiger partial charge < -0.3 is 9.88 Å². The van der Waals surface area contributed by atoms with Crippen molar-refractivity contribution in [3.05, 3.63) is 12.7 Å². The maximum atomic E-state index is 4.41. The van der Waals surface area contributed by atoms with Gasteiger partial charge in [0.25, 0.3) is 0 Å². The molecule has 0 radical (unpaired) electrons. The van der Waals surface area contributed by atoms with Crippen LogP contribution in [0, 0.1) is 0 Å². The molecular weight excluding hydrogens is 214 g/mol. The highest BCUT2D eigenvalue weighted by atomic mass is 15.2. The van der Waals surface area contributed by atoms with Crippen LogP contribution in [0.1, 0.15) is 33.1 Å². The number of hydrogen-bond donors (Lipinski definition) is 1. The minimum absolute atomic E-state index is 0.261. The number of aryl methyl sites for hydroxylation is 1. The molecule has 1 aliphatic carbocycles. The van der Waals surface area contributed by atoms with E-state index in [1.54, 1.807) is 6.33 Å². The minimum atomic E-state index is 0.261. The van der Waals surface area contributed by atoms with E-state index >= 15 is 0 Å². The quantitative estimate of drug-likeness (QED) is 0.876. The molecular formula is C12H17N5. The Bertz CT molecular complexity index is 541. The number of hydrogen-bond acceptors (Lipinski definition) is 4. The molecule has 0 spiro atoms. The van der Waals surface area contributed by atoms with Gasteiger partial charge in [0.05, 0.1) is 6.33 Å². The molecule has 5 heteroatoms.